The van der Waals surface area contributed by atoms with E-state index < -0.39 is 0 Å². The summed E-state index contributed by atoms with van der Waals surface area (Å²) in [5.74, 6) is 1.15. The van der Waals surface area contributed by atoms with Crippen molar-refractivity contribution >= 4 is 11.8 Å². The van der Waals surface area contributed by atoms with Gasteiger partial charge in [-0.05, 0) is 37.2 Å². The van der Waals surface area contributed by atoms with E-state index >= 15 is 0 Å². The number of hydrogen-bond acceptors (Lipinski definition) is 3. The van der Waals surface area contributed by atoms with Crippen LogP contribution in [0.1, 0.15) is 36.6 Å². The lowest BCUT2D eigenvalue weighted by Gasteiger charge is -2.49. The summed E-state index contributed by atoms with van der Waals surface area (Å²) in [7, 11) is 1.92. The maximum atomic E-state index is 12.8. The molecule has 0 unspecified atom stereocenters. The van der Waals surface area contributed by atoms with Crippen molar-refractivity contribution in [1.82, 2.24) is 19.4 Å². The second-order valence-corrected chi connectivity index (χ2v) is 8.34. The Bertz CT molecular complexity index is 852. The van der Waals surface area contributed by atoms with Crippen molar-refractivity contribution in [2.45, 2.75) is 38.6 Å². The number of hydrogen-bond donors (Lipinski definition) is 0. The Morgan fingerprint density at radius 2 is 1.93 bits per heavy atom. The van der Waals surface area contributed by atoms with Gasteiger partial charge in [0.05, 0.1) is 5.92 Å². The summed E-state index contributed by atoms with van der Waals surface area (Å²) in [6.45, 7) is 4.57. The van der Waals surface area contributed by atoms with Gasteiger partial charge in [0, 0.05) is 39.1 Å². The zero-order chi connectivity index (χ0) is 19.7. The van der Waals surface area contributed by atoms with Gasteiger partial charge in [-0.15, -0.1) is 0 Å². The first-order chi connectivity index (χ1) is 13.5. The molecular formula is C22H28N4O2. The monoisotopic (exact) mass is 380 g/mol. The Morgan fingerprint density at radius 1 is 1.21 bits per heavy atom. The molecule has 2 aromatic rings. The van der Waals surface area contributed by atoms with Gasteiger partial charge >= 0.3 is 0 Å². The highest BCUT2D eigenvalue weighted by Crippen LogP contribution is 2.45. The molecule has 0 radical (unpaired) electrons. The zero-order valence-electron chi connectivity index (χ0n) is 16.7. The Hall–Kier alpha value is -2.63. The van der Waals surface area contributed by atoms with Crippen molar-refractivity contribution in [3.8, 4) is 0 Å². The van der Waals surface area contributed by atoms with Crippen molar-refractivity contribution in [2.75, 3.05) is 26.7 Å². The minimum absolute atomic E-state index is 0.0733. The van der Waals surface area contributed by atoms with Crippen LogP contribution in [-0.4, -0.2) is 57.8 Å². The first-order valence-electron chi connectivity index (χ1n) is 10.0. The van der Waals surface area contributed by atoms with Crippen molar-refractivity contribution in [3.05, 3.63) is 54.1 Å². The van der Waals surface area contributed by atoms with Gasteiger partial charge in [0.1, 0.15) is 12.4 Å². The molecule has 1 atom stereocenters. The van der Waals surface area contributed by atoms with Gasteiger partial charge in [-0.25, -0.2) is 4.98 Å². The van der Waals surface area contributed by atoms with E-state index in [-0.39, 0.29) is 23.1 Å². The van der Waals surface area contributed by atoms with E-state index in [9.17, 15) is 9.59 Å². The summed E-state index contributed by atoms with van der Waals surface area (Å²) in [6.07, 6.45) is 6.35. The molecule has 2 amide bonds. The third-order valence-electron chi connectivity index (χ3n) is 6.49. The minimum atomic E-state index is -0.0733. The number of likely N-dealkylation sites (tertiary alicyclic amines) is 2. The number of amides is 2. The van der Waals surface area contributed by atoms with E-state index in [4.69, 9.17) is 0 Å². The molecule has 2 aliphatic rings. The van der Waals surface area contributed by atoms with Gasteiger partial charge in [-0.2, -0.15) is 0 Å². The Labute approximate surface area is 166 Å². The van der Waals surface area contributed by atoms with Crippen LogP contribution in [0, 0.1) is 12.3 Å². The third kappa shape index (κ3) is 3.55. The molecular weight excluding hydrogens is 352 g/mol. The number of imidazole rings is 1. The van der Waals surface area contributed by atoms with Gasteiger partial charge < -0.3 is 14.4 Å². The second-order valence-electron chi connectivity index (χ2n) is 8.34. The van der Waals surface area contributed by atoms with E-state index in [1.165, 1.54) is 0 Å². The molecule has 28 heavy (non-hydrogen) atoms. The molecule has 6 nitrogen and oxygen atoms in total. The highest BCUT2D eigenvalue weighted by Gasteiger charge is 2.45. The average molecular weight is 380 g/mol. The summed E-state index contributed by atoms with van der Waals surface area (Å²) in [5, 5.41) is 0. The fraction of sp³-hybridized carbons (Fsp3) is 0.500. The van der Waals surface area contributed by atoms with Crippen LogP contribution in [-0.2, 0) is 16.1 Å². The normalized spacial score (nSPS) is 21.9. The Balaban J connectivity index is 1.43. The summed E-state index contributed by atoms with van der Waals surface area (Å²) < 4.78 is 1.89. The van der Waals surface area contributed by atoms with Crippen LogP contribution in [0.4, 0.5) is 0 Å². The van der Waals surface area contributed by atoms with E-state index in [0.29, 0.717) is 6.54 Å². The number of aryl methyl sites for hydroxylation is 1. The molecule has 0 aliphatic carbocycles. The second kappa shape index (κ2) is 7.41. The molecule has 1 spiro atoms. The standard InChI is InChI=1S/C22H28N4O2/c1-17-23-10-13-26(17)15-20(27)25-11-8-22(9-12-25)14-19(21(28)24(2)16-22)18-6-4-3-5-7-18/h3-7,10,13,19H,8-9,11-12,14-16H2,1-2H3/t19-/m0/s1. The van der Waals surface area contributed by atoms with Gasteiger partial charge in [0.2, 0.25) is 11.8 Å². The summed E-state index contributed by atoms with van der Waals surface area (Å²) in [6, 6.07) is 10.1. The minimum Gasteiger partial charge on any atom is -0.345 e. The lowest BCUT2D eigenvalue weighted by atomic mass is 9.67. The molecule has 148 valence electrons. The van der Waals surface area contributed by atoms with Crippen LogP contribution in [0.15, 0.2) is 42.7 Å². The number of piperidine rings is 2. The van der Waals surface area contributed by atoms with Crippen molar-refractivity contribution in [3.63, 3.8) is 0 Å². The maximum absolute atomic E-state index is 12.8. The maximum Gasteiger partial charge on any atom is 0.242 e. The summed E-state index contributed by atoms with van der Waals surface area (Å²) in [5.41, 5.74) is 1.21. The lowest BCUT2D eigenvalue weighted by molar-refractivity contribution is -0.143. The Morgan fingerprint density at radius 3 is 2.57 bits per heavy atom. The van der Waals surface area contributed by atoms with Crippen molar-refractivity contribution < 1.29 is 9.59 Å². The number of carbonyl (C=O) groups is 2. The first-order valence-corrected chi connectivity index (χ1v) is 10.0. The van der Waals surface area contributed by atoms with E-state index in [1.807, 2.05) is 52.7 Å². The predicted molar refractivity (Wildman–Crippen MR) is 107 cm³/mol. The van der Waals surface area contributed by atoms with Crippen LogP contribution < -0.4 is 0 Å². The van der Waals surface area contributed by atoms with Gasteiger partial charge in [-0.1, -0.05) is 30.3 Å². The van der Waals surface area contributed by atoms with Crippen molar-refractivity contribution in [1.29, 1.82) is 0 Å². The first kappa shape index (κ1) is 18.7. The molecule has 0 saturated carbocycles. The van der Waals surface area contributed by atoms with Crippen LogP contribution in [0.2, 0.25) is 0 Å². The fourth-order valence-electron chi connectivity index (χ4n) is 4.79. The summed E-state index contributed by atoms with van der Waals surface area (Å²) in [4.78, 5) is 33.5. The zero-order valence-corrected chi connectivity index (χ0v) is 16.7. The quantitative estimate of drug-likeness (QED) is 0.822. The molecule has 2 aliphatic heterocycles. The fourth-order valence-corrected chi connectivity index (χ4v) is 4.79. The van der Waals surface area contributed by atoms with Gasteiger partial charge in [0.25, 0.3) is 0 Å². The molecule has 2 fully saturated rings. The van der Waals surface area contributed by atoms with Crippen LogP contribution in [0.3, 0.4) is 0 Å². The summed E-state index contributed by atoms with van der Waals surface area (Å²) >= 11 is 0. The highest BCUT2D eigenvalue weighted by atomic mass is 16.2. The molecule has 0 bridgehead atoms. The number of rotatable bonds is 3. The molecule has 6 heteroatoms. The molecule has 1 aromatic heterocycles. The van der Waals surface area contributed by atoms with Gasteiger partial charge in [0.15, 0.2) is 0 Å². The van der Waals surface area contributed by atoms with Gasteiger partial charge in [-0.3, -0.25) is 9.59 Å². The smallest absolute Gasteiger partial charge is 0.242 e. The van der Waals surface area contributed by atoms with Crippen LogP contribution in [0.25, 0.3) is 0 Å². The predicted octanol–water partition coefficient (Wildman–Crippen LogP) is 2.45. The molecule has 2 saturated heterocycles. The number of carbonyl (C=O) groups excluding carboxylic acids is 2. The van der Waals surface area contributed by atoms with E-state index in [2.05, 4.69) is 17.1 Å². The van der Waals surface area contributed by atoms with E-state index in [1.54, 1.807) is 6.20 Å². The number of nitrogens with zero attached hydrogens (tertiary/aromatic N) is 4. The van der Waals surface area contributed by atoms with E-state index in [0.717, 1.165) is 50.3 Å². The topological polar surface area (TPSA) is 58.4 Å². The average Bonchev–Trinajstić information content (AvgIpc) is 3.10. The SMILES string of the molecule is Cc1nccn1CC(=O)N1CCC2(CC1)C[C@@H](c1ccccc1)C(=O)N(C)C2. The molecule has 0 N–H and O–H groups in total. The molecule has 3 heterocycles. The number of likely N-dealkylation sites (N-methyl/N-ethyl adjacent to an activating group) is 1. The van der Waals surface area contributed by atoms with Crippen molar-refractivity contribution in [2.24, 2.45) is 5.41 Å². The largest absolute Gasteiger partial charge is 0.345 e. The van der Waals surface area contributed by atoms with Crippen LogP contribution in [0.5, 0.6) is 0 Å². The lowest BCUT2D eigenvalue weighted by Crippen LogP contribution is -2.53. The third-order valence-corrected chi connectivity index (χ3v) is 6.49. The number of aromatic nitrogens is 2. The van der Waals surface area contributed by atoms with Crippen LogP contribution >= 0.6 is 0 Å². The highest BCUT2D eigenvalue weighted by molar-refractivity contribution is 5.84. The molecule has 1 aromatic carbocycles. The molecule has 4 rings (SSSR count). The Kier molecular flexibility index (Phi) is 4.96. The number of benzene rings is 1.